The normalized spacial score (nSPS) is 19.4. The van der Waals surface area contributed by atoms with E-state index in [1.54, 1.807) is 48.5 Å². The Kier molecular flexibility index (Phi) is 8.75. The van der Waals surface area contributed by atoms with Gasteiger partial charge in [0.2, 0.25) is 5.44 Å². The number of amides is 2. The second kappa shape index (κ2) is 12.8. The molecule has 0 spiro atoms. The van der Waals surface area contributed by atoms with Gasteiger partial charge in [0.25, 0.3) is 21.8 Å². The van der Waals surface area contributed by atoms with E-state index in [9.17, 15) is 18.0 Å². The summed E-state index contributed by atoms with van der Waals surface area (Å²) >= 11 is 0. The zero-order valence-electron chi connectivity index (χ0n) is 24.0. The molecule has 2 amide bonds. The van der Waals surface area contributed by atoms with E-state index in [2.05, 4.69) is 4.90 Å². The molecule has 0 N–H and O–H groups in total. The lowest BCUT2D eigenvalue weighted by atomic mass is 10.0. The summed E-state index contributed by atoms with van der Waals surface area (Å²) < 4.78 is 39.9. The lowest BCUT2D eigenvalue weighted by Gasteiger charge is -2.48. The third-order valence-electron chi connectivity index (χ3n) is 8.30. The molecule has 11 heteroatoms. The summed E-state index contributed by atoms with van der Waals surface area (Å²) in [5.74, 6) is 0.361. The van der Waals surface area contributed by atoms with Gasteiger partial charge >= 0.3 is 0 Å². The van der Waals surface area contributed by atoms with Crippen LogP contribution in [0.4, 0.5) is 0 Å². The SMILES string of the molecule is O=C(c1ccccc1)N1CCN(C2CN(C(=O)c3ccc(OC(c4ccccc4)S(=O)(=O)N4CCOCC4)cc3)C2)CC1. The Morgan fingerprint density at radius 2 is 1.26 bits per heavy atom. The summed E-state index contributed by atoms with van der Waals surface area (Å²) in [6.07, 6.45) is 0. The van der Waals surface area contributed by atoms with Gasteiger partial charge in [0.1, 0.15) is 5.75 Å². The Balaban J connectivity index is 1.04. The van der Waals surface area contributed by atoms with Crippen molar-refractivity contribution in [2.45, 2.75) is 11.5 Å². The number of piperazine rings is 1. The molecule has 10 nitrogen and oxygen atoms in total. The Bertz CT molecular complexity index is 1500. The number of hydrogen-bond acceptors (Lipinski definition) is 7. The maximum atomic E-state index is 13.5. The lowest BCUT2D eigenvalue weighted by Crippen LogP contribution is -2.64. The van der Waals surface area contributed by atoms with Crippen LogP contribution in [0, 0.1) is 0 Å². The number of morpholine rings is 1. The van der Waals surface area contributed by atoms with Gasteiger partial charge in [-0.15, -0.1) is 0 Å². The van der Waals surface area contributed by atoms with Crippen LogP contribution in [0.3, 0.4) is 0 Å². The van der Waals surface area contributed by atoms with Crippen LogP contribution < -0.4 is 4.74 Å². The van der Waals surface area contributed by atoms with Gasteiger partial charge in [0, 0.05) is 75.1 Å². The highest BCUT2D eigenvalue weighted by molar-refractivity contribution is 7.89. The minimum absolute atomic E-state index is 0.0619. The number of ether oxygens (including phenoxy) is 2. The van der Waals surface area contributed by atoms with E-state index in [1.165, 1.54) is 4.31 Å². The fourth-order valence-corrected chi connectivity index (χ4v) is 7.40. The average Bonchev–Trinajstić information content (AvgIpc) is 3.04. The van der Waals surface area contributed by atoms with Gasteiger partial charge in [-0.3, -0.25) is 14.5 Å². The van der Waals surface area contributed by atoms with E-state index in [0.29, 0.717) is 61.8 Å². The van der Waals surface area contributed by atoms with Gasteiger partial charge in [-0.05, 0) is 36.4 Å². The first-order chi connectivity index (χ1) is 20.9. The highest BCUT2D eigenvalue weighted by atomic mass is 32.2. The molecule has 3 heterocycles. The van der Waals surface area contributed by atoms with Crippen molar-refractivity contribution in [1.29, 1.82) is 0 Å². The van der Waals surface area contributed by atoms with Crippen molar-refractivity contribution in [3.8, 4) is 5.75 Å². The third-order valence-corrected chi connectivity index (χ3v) is 10.3. The van der Waals surface area contributed by atoms with Crippen molar-refractivity contribution in [2.75, 3.05) is 65.6 Å². The number of carbonyl (C=O) groups is 2. The second-order valence-electron chi connectivity index (χ2n) is 11.0. The maximum absolute atomic E-state index is 13.5. The van der Waals surface area contributed by atoms with E-state index in [-0.39, 0.29) is 30.9 Å². The molecule has 43 heavy (non-hydrogen) atoms. The van der Waals surface area contributed by atoms with Gasteiger partial charge < -0.3 is 19.3 Å². The van der Waals surface area contributed by atoms with Crippen molar-refractivity contribution < 1.29 is 27.5 Å². The Hall–Kier alpha value is -3.77. The van der Waals surface area contributed by atoms with E-state index >= 15 is 0 Å². The quantitative estimate of drug-likeness (QED) is 0.390. The molecule has 1 atom stereocenters. The molecule has 0 bridgehead atoms. The number of likely N-dealkylation sites (tertiary alicyclic amines) is 1. The van der Waals surface area contributed by atoms with E-state index in [0.717, 1.165) is 13.1 Å². The van der Waals surface area contributed by atoms with Crippen LogP contribution >= 0.6 is 0 Å². The molecule has 1 unspecified atom stereocenters. The number of hydrogen-bond donors (Lipinski definition) is 0. The van der Waals surface area contributed by atoms with Crippen LogP contribution in [0.1, 0.15) is 31.7 Å². The predicted octanol–water partition coefficient (Wildman–Crippen LogP) is 2.71. The summed E-state index contributed by atoms with van der Waals surface area (Å²) in [7, 11) is -3.82. The molecule has 0 aliphatic carbocycles. The van der Waals surface area contributed by atoms with E-state index in [4.69, 9.17) is 9.47 Å². The number of sulfonamides is 1. The zero-order valence-corrected chi connectivity index (χ0v) is 24.8. The summed E-state index contributed by atoms with van der Waals surface area (Å²) in [6, 6.07) is 25.2. The molecule has 3 aliphatic heterocycles. The highest BCUT2D eigenvalue weighted by Crippen LogP contribution is 2.30. The van der Waals surface area contributed by atoms with Crippen molar-refractivity contribution >= 4 is 21.8 Å². The molecular weight excluding hydrogens is 568 g/mol. The minimum atomic E-state index is -3.82. The molecule has 3 fully saturated rings. The number of rotatable bonds is 8. The van der Waals surface area contributed by atoms with Gasteiger partial charge in [-0.25, -0.2) is 8.42 Å². The molecule has 226 valence electrons. The van der Waals surface area contributed by atoms with Gasteiger partial charge in [0.05, 0.1) is 13.2 Å². The second-order valence-corrected chi connectivity index (χ2v) is 13.0. The molecule has 3 saturated heterocycles. The minimum Gasteiger partial charge on any atom is -0.468 e. The topological polar surface area (TPSA) is 99.7 Å². The summed E-state index contributed by atoms with van der Waals surface area (Å²) in [4.78, 5) is 32.0. The molecule has 3 aromatic carbocycles. The molecule has 6 rings (SSSR count). The standard InChI is InChI=1S/C32H36N4O6S/c37-30(25-7-3-1-4-8-25)34-17-15-33(16-18-34)28-23-35(24-28)31(38)26-11-13-29(14-12-26)42-32(27-9-5-2-6-10-27)43(39,40)36-19-21-41-22-20-36/h1-14,28,32H,15-24H2. The van der Waals surface area contributed by atoms with E-state index < -0.39 is 15.5 Å². The van der Waals surface area contributed by atoms with Crippen LogP contribution in [0.15, 0.2) is 84.9 Å². The first-order valence-corrected chi connectivity index (χ1v) is 16.2. The summed E-state index contributed by atoms with van der Waals surface area (Å²) in [5.41, 5.74) is 0.553. The van der Waals surface area contributed by atoms with Crippen molar-refractivity contribution in [2.24, 2.45) is 0 Å². The predicted molar refractivity (Wildman–Crippen MR) is 161 cm³/mol. The summed E-state index contributed by atoms with van der Waals surface area (Å²) in [6.45, 7) is 5.44. The maximum Gasteiger partial charge on any atom is 0.256 e. The first-order valence-electron chi connectivity index (χ1n) is 14.7. The first kappa shape index (κ1) is 29.3. The van der Waals surface area contributed by atoms with Crippen LogP contribution in [-0.4, -0.2) is 111 Å². The van der Waals surface area contributed by atoms with E-state index in [1.807, 2.05) is 46.2 Å². The zero-order chi connectivity index (χ0) is 29.8. The Labute approximate surface area is 252 Å². The Morgan fingerprint density at radius 3 is 1.88 bits per heavy atom. The van der Waals surface area contributed by atoms with Crippen LogP contribution in [-0.2, 0) is 14.8 Å². The average molecular weight is 605 g/mol. The smallest absolute Gasteiger partial charge is 0.256 e. The van der Waals surface area contributed by atoms with Gasteiger partial charge in [-0.2, -0.15) is 4.31 Å². The third kappa shape index (κ3) is 6.45. The van der Waals surface area contributed by atoms with Crippen LogP contribution in [0.5, 0.6) is 5.75 Å². The van der Waals surface area contributed by atoms with Gasteiger partial charge in [0.15, 0.2) is 0 Å². The van der Waals surface area contributed by atoms with Crippen molar-refractivity contribution in [3.05, 3.63) is 102 Å². The van der Waals surface area contributed by atoms with Crippen molar-refractivity contribution in [3.63, 3.8) is 0 Å². The molecule has 3 aromatic rings. The number of carbonyl (C=O) groups excluding carboxylic acids is 2. The fourth-order valence-electron chi connectivity index (χ4n) is 5.74. The Morgan fingerprint density at radius 1 is 0.698 bits per heavy atom. The molecule has 0 aromatic heterocycles. The molecule has 0 saturated carbocycles. The van der Waals surface area contributed by atoms with Crippen LogP contribution in [0.2, 0.25) is 0 Å². The van der Waals surface area contributed by atoms with Crippen LogP contribution in [0.25, 0.3) is 0 Å². The van der Waals surface area contributed by atoms with Crippen molar-refractivity contribution in [1.82, 2.24) is 19.0 Å². The lowest BCUT2D eigenvalue weighted by molar-refractivity contribution is 0.00853. The highest BCUT2D eigenvalue weighted by Gasteiger charge is 2.38. The number of benzene rings is 3. The molecule has 0 radical (unpaired) electrons. The van der Waals surface area contributed by atoms with Gasteiger partial charge in [-0.1, -0.05) is 48.5 Å². The largest absolute Gasteiger partial charge is 0.468 e. The fraction of sp³-hybridized carbons (Fsp3) is 0.375. The summed E-state index contributed by atoms with van der Waals surface area (Å²) in [5, 5.41) is 0. The molecular formula is C32H36N4O6S. The molecule has 3 aliphatic rings. The monoisotopic (exact) mass is 604 g/mol. The number of nitrogens with zero attached hydrogens (tertiary/aromatic N) is 4.